The van der Waals surface area contributed by atoms with Gasteiger partial charge in [-0.1, -0.05) is 6.07 Å². The highest BCUT2D eigenvalue weighted by atomic mass is 16.5. The van der Waals surface area contributed by atoms with Crippen LogP contribution in [0.25, 0.3) is 0 Å². The monoisotopic (exact) mass is 337 g/mol. The molecule has 0 saturated carbocycles. The van der Waals surface area contributed by atoms with Crippen molar-refractivity contribution in [1.82, 2.24) is 0 Å². The first-order chi connectivity index (χ1) is 12.2. The molecule has 0 unspecified atom stereocenters. The van der Waals surface area contributed by atoms with E-state index in [1.165, 1.54) is 0 Å². The van der Waals surface area contributed by atoms with Gasteiger partial charge in [-0.3, -0.25) is 9.59 Å². The maximum absolute atomic E-state index is 12.6. The van der Waals surface area contributed by atoms with E-state index in [4.69, 9.17) is 4.74 Å². The number of amides is 2. The van der Waals surface area contributed by atoms with E-state index in [0.29, 0.717) is 30.9 Å². The summed E-state index contributed by atoms with van der Waals surface area (Å²) >= 11 is 0. The van der Waals surface area contributed by atoms with Gasteiger partial charge in [-0.25, -0.2) is 0 Å². The molecule has 128 valence electrons. The number of anilines is 3. The van der Waals surface area contributed by atoms with Gasteiger partial charge in [0.2, 0.25) is 5.91 Å². The van der Waals surface area contributed by atoms with Crippen molar-refractivity contribution in [2.24, 2.45) is 0 Å². The van der Waals surface area contributed by atoms with Gasteiger partial charge in [0.05, 0.1) is 19.6 Å². The van der Waals surface area contributed by atoms with Crippen molar-refractivity contribution in [1.29, 1.82) is 0 Å². The number of carbonyl (C=O) groups is 2. The Hall–Kier alpha value is -2.86. The summed E-state index contributed by atoms with van der Waals surface area (Å²) in [6, 6.07) is 13.1. The summed E-state index contributed by atoms with van der Waals surface area (Å²) in [4.78, 5) is 26.2. The SMILES string of the molecule is O=C1Cc2cc(NC(=O)c3cccc(N4CCOCC4)c3)ccc2N1. The third-order valence-corrected chi connectivity index (χ3v) is 4.47. The van der Waals surface area contributed by atoms with Gasteiger partial charge in [0.15, 0.2) is 0 Å². The summed E-state index contributed by atoms with van der Waals surface area (Å²) in [6.45, 7) is 3.07. The van der Waals surface area contributed by atoms with Gasteiger partial charge in [0.25, 0.3) is 5.91 Å². The smallest absolute Gasteiger partial charge is 0.255 e. The lowest BCUT2D eigenvalue weighted by Crippen LogP contribution is -2.36. The highest BCUT2D eigenvalue weighted by molar-refractivity contribution is 6.05. The van der Waals surface area contributed by atoms with Crippen LogP contribution in [0.4, 0.5) is 17.1 Å². The normalized spacial score (nSPS) is 16.3. The van der Waals surface area contributed by atoms with E-state index < -0.39 is 0 Å². The second kappa shape index (κ2) is 6.57. The minimum Gasteiger partial charge on any atom is -0.378 e. The van der Waals surface area contributed by atoms with Crippen molar-refractivity contribution >= 4 is 28.9 Å². The molecule has 0 spiro atoms. The van der Waals surface area contributed by atoms with E-state index in [2.05, 4.69) is 15.5 Å². The number of hydrogen-bond acceptors (Lipinski definition) is 4. The average molecular weight is 337 g/mol. The number of benzene rings is 2. The lowest BCUT2D eigenvalue weighted by molar-refractivity contribution is -0.115. The third kappa shape index (κ3) is 3.34. The molecule has 0 atom stereocenters. The van der Waals surface area contributed by atoms with Crippen LogP contribution in [0.5, 0.6) is 0 Å². The summed E-state index contributed by atoms with van der Waals surface area (Å²) in [5, 5.41) is 5.70. The number of carbonyl (C=O) groups excluding carboxylic acids is 2. The molecule has 2 aliphatic rings. The molecule has 2 aromatic carbocycles. The molecule has 6 nitrogen and oxygen atoms in total. The molecule has 25 heavy (non-hydrogen) atoms. The summed E-state index contributed by atoms with van der Waals surface area (Å²) in [7, 11) is 0. The minimum atomic E-state index is -0.160. The molecule has 2 aromatic rings. The molecule has 0 bridgehead atoms. The second-order valence-corrected chi connectivity index (χ2v) is 6.20. The van der Waals surface area contributed by atoms with Crippen LogP contribution >= 0.6 is 0 Å². The van der Waals surface area contributed by atoms with Crippen LogP contribution < -0.4 is 15.5 Å². The van der Waals surface area contributed by atoms with Gasteiger partial charge < -0.3 is 20.3 Å². The molecule has 6 heteroatoms. The summed E-state index contributed by atoms with van der Waals surface area (Å²) < 4.78 is 5.37. The second-order valence-electron chi connectivity index (χ2n) is 6.20. The Bertz CT molecular complexity index is 828. The first kappa shape index (κ1) is 15.7. The van der Waals surface area contributed by atoms with Gasteiger partial charge >= 0.3 is 0 Å². The quantitative estimate of drug-likeness (QED) is 0.901. The Morgan fingerprint density at radius 2 is 1.96 bits per heavy atom. The predicted octanol–water partition coefficient (Wildman–Crippen LogP) is 2.27. The standard InChI is InChI=1S/C19H19N3O3/c23-18-12-14-10-15(4-5-17(14)21-18)20-19(24)13-2-1-3-16(11-13)22-6-8-25-9-7-22/h1-5,10-11H,6-9,12H2,(H,20,24)(H,21,23). The first-order valence-corrected chi connectivity index (χ1v) is 8.36. The van der Waals surface area contributed by atoms with Crippen molar-refractivity contribution in [3.63, 3.8) is 0 Å². The van der Waals surface area contributed by atoms with Gasteiger partial charge in [-0.05, 0) is 42.0 Å². The first-order valence-electron chi connectivity index (χ1n) is 8.36. The van der Waals surface area contributed by atoms with Crippen molar-refractivity contribution in [3.05, 3.63) is 53.6 Å². The zero-order valence-corrected chi connectivity index (χ0v) is 13.7. The van der Waals surface area contributed by atoms with Crippen LogP contribution in [-0.2, 0) is 16.0 Å². The number of nitrogens with zero attached hydrogens (tertiary/aromatic N) is 1. The number of ether oxygens (including phenoxy) is 1. The Labute approximate surface area is 145 Å². The zero-order chi connectivity index (χ0) is 17.2. The molecule has 1 saturated heterocycles. The van der Waals surface area contributed by atoms with Crippen LogP contribution in [0.2, 0.25) is 0 Å². The predicted molar refractivity (Wildman–Crippen MR) is 96.2 cm³/mol. The summed E-state index contributed by atoms with van der Waals surface area (Å²) in [5.41, 5.74) is 4.05. The Morgan fingerprint density at radius 3 is 2.80 bits per heavy atom. The van der Waals surface area contributed by atoms with Crippen molar-refractivity contribution in [2.75, 3.05) is 41.8 Å². The highest BCUT2D eigenvalue weighted by Gasteiger charge is 2.18. The number of nitrogens with one attached hydrogen (secondary N) is 2. The molecule has 4 rings (SSSR count). The highest BCUT2D eigenvalue weighted by Crippen LogP contribution is 2.26. The molecular formula is C19H19N3O3. The van der Waals surface area contributed by atoms with Crippen molar-refractivity contribution in [3.8, 4) is 0 Å². The fourth-order valence-electron chi connectivity index (χ4n) is 3.18. The number of hydrogen-bond donors (Lipinski definition) is 2. The molecule has 2 amide bonds. The lowest BCUT2D eigenvalue weighted by atomic mass is 10.1. The fraction of sp³-hybridized carbons (Fsp3) is 0.263. The molecular weight excluding hydrogens is 318 g/mol. The third-order valence-electron chi connectivity index (χ3n) is 4.47. The van der Waals surface area contributed by atoms with Crippen LogP contribution in [0, 0.1) is 0 Å². The van der Waals surface area contributed by atoms with Gasteiger partial charge in [-0.15, -0.1) is 0 Å². The minimum absolute atomic E-state index is 0.0170. The van der Waals surface area contributed by atoms with Gasteiger partial charge in [0, 0.05) is 35.7 Å². The molecule has 2 heterocycles. The van der Waals surface area contributed by atoms with E-state index in [9.17, 15) is 9.59 Å². The molecule has 2 N–H and O–H groups in total. The van der Waals surface area contributed by atoms with Crippen LogP contribution in [-0.4, -0.2) is 38.1 Å². The Morgan fingerprint density at radius 1 is 1.12 bits per heavy atom. The van der Waals surface area contributed by atoms with Gasteiger partial charge in [0.1, 0.15) is 0 Å². The maximum atomic E-state index is 12.6. The lowest BCUT2D eigenvalue weighted by Gasteiger charge is -2.29. The fourth-order valence-corrected chi connectivity index (χ4v) is 3.18. The van der Waals surface area contributed by atoms with Crippen molar-refractivity contribution in [2.45, 2.75) is 6.42 Å². The van der Waals surface area contributed by atoms with Crippen molar-refractivity contribution < 1.29 is 14.3 Å². The summed E-state index contributed by atoms with van der Waals surface area (Å²) in [5.74, 6) is -0.177. The van der Waals surface area contributed by atoms with Crippen LogP contribution in [0.3, 0.4) is 0 Å². The van der Waals surface area contributed by atoms with E-state index in [-0.39, 0.29) is 11.8 Å². The van der Waals surface area contributed by atoms with Crippen LogP contribution in [0.15, 0.2) is 42.5 Å². The molecule has 0 radical (unpaired) electrons. The van der Waals surface area contributed by atoms with Crippen LogP contribution in [0.1, 0.15) is 15.9 Å². The topological polar surface area (TPSA) is 70.7 Å². The van der Waals surface area contributed by atoms with Gasteiger partial charge in [-0.2, -0.15) is 0 Å². The largest absolute Gasteiger partial charge is 0.378 e. The zero-order valence-electron chi connectivity index (χ0n) is 13.7. The maximum Gasteiger partial charge on any atom is 0.255 e. The van der Waals surface area contributed by atoms with E-state index >= 15 is 0 Å². The molecule has 2 aliphatic heterocycles. The molecule has 1 fully saturated rings. The summed E-state index contributed by atoms with van der Waals surface area (Å²) in [6.07, 6.45) is 0.353. The number of fused-ring (bicyclic) bond motifs is 1. The van der Waals surface area contributed by atoms with E-state index in [1.54, 1.807) is 12.1 Å². The number of rotatable bonds is 3. The molecule has 0 aliphatic carbocycles. The van der Waals surface area contributed by atoms with E-state index in [1.807, 2.05) is 30.3 Å². The average Bonchev–Trinajstić information content (AvgIpc) is 3.02. The molecule has 0 aromatic heterocycles. The Kier molecular flexibility index (Phi) is 4.11. The number of morpholine rings is 1. The van der Waals surface area contributed by atoms with E-state index in [0.717, 1.165) is 30.0 Å². The Balaban J connectivity index is 1.50.